The molecule has 70 heavy (non-hydrogen) atoms. The van der Waals surface area contributed by atoms with Crippen LogP contribution in [0.4, 0.5) is 20.2 Å². The van der Waals surface area contributed by atoms with Crippen LogP contribution in [0.25, 0.3) is 0 Å². The summed E-state index contributed by atoms with van der Waals surface area (Å²) in [6.07, 6.45) is 15.2. The molecule has 3 atom stereocenters. The molecule has 3 aliphatic rings. The first-order valence-electron chi connectivity index (χ1n) is 24.0. The Morgan fingerprint density at radius 3 is 1.60 bits per heavy atom. The number of nitrogens with one attached hydrogen (secondary N) is 4. The zero-order chi connectivity index (χ0) is 50.8. The number of aldehydes is 1. The molecular weight excluding hydrogens is 947 g/mol. The van der Waals surface area contributed by atoms with Gasteiger partial charge in [-0.1, -0.05) is 20.8 Å². The van der Waals surface area contributed by atoms with Gasteiger partial charge in [0.05, 0.1) is 29.2 Å². The van der Waals surface area contributed by atoms with Gasteiger partial charge in [0.25, 0.3) is 0 Å². The van der Waals surface area contributed by atoms with Crippen molar-refractivity contribution in [3.8, 4) is 0 Å². The van der Waals surface area contributed by atoms with E-state index < -0.39 is 17.7 Å². The minimum Gasteiger partial charge on any atom is -0.444 e. The Morgan fingerprint density at radius 1 is 0.686 bits per heavy atom. The fourth-order valence-corrected chi connectivity index (χ4v) is 10.7. The molecule has 5 aromatic rings. The van der Waals surface area contributed by atoms with Gasteiger partial charge in [-0.2, -0.15) is 0 Å². The number of hydrogen-bond acceptors (Lipinski definition) is 16. The van der Waals surface area contributed by atoms with E-state index in [1.54, 1.807) is 59.6 Å². The molecule has 17 nitrogen and oxygen atoms in total. The number of amides is 4. The monoisotopic (exact) mass is 1020 g/mol. The van der Waals surface area contributed by atoms with E-state index in [-0.39, 0.29) is 29.8 Å². The molecule has 0 spiro atoms. The summed E-state index contributed by atoms with van der Waals surface area (Å²) in [4.78, 5) is 87.5. The van der Waals surface area contributed by atoms with Gasteiger partial charge in [0.15, 0.2) is 15.4 Å². The molecule has 4 amide bonds. The number of thiazole rings is 3. The molecule has 3 fully saturated rings. The second-order valence-corrected chi connectivity index (χ2v) is 21.6. The number of aromatic nitrogens is 5. The Balaban J connectivity index is 0.000000183. The molecule has 0 aromatic carbocycles. The normalized spacial score (nSPS) is 17.5. The van der Waals surface area contributed by atoms with E-state index in [4.69, 9.17) is 4.74 Å². The first-order chi connectivity index (χ1) is 33.5. The van der Waals surface area contributed by atoms with Crippen LogP contribution in [0.2, 0.25) is 0 Å². The van der Waals surface area contributed by atoms with Crippen LogP contribution < -0.4 is 21.3 Å². The SMILES string of the molecule is CCc1nc(NC(=O)[C@H]2CCCN2)sc1C.CCc1nc(NC(=O)[C@H]2CCCN2C(=O)OC(C)(C)C)sc1C.CCc1nc(NC(=O)[C@H]2CCCN2Cc2ccncc2)sc1C.O=Cc1ccncc1. The van der Waals surface area contributed by atoms with Crippen LogP contribution in [-0.2, 0) is 44.9 Å². The van der Waals surface area contributed by atoms with Crippen molar-refractivity contribution in [1.29, 1.82) is 0 Å². The zero-order valence-electron chi connectivity index (χ0n) is 41.9. The highest BCUT2D eigenvalue weighted by Gasteiger charge is 2.37. The van der Waals surface area contributed by atoms with Gasteiger partial charge in [-0.15, -0.1) is 34.0 Å². The van der Waals surface area contributed by atoms with Crippen molar-refractivity contribution in [3.05, 3.63) is 91.9 Å². The number of anilines is 3. The van der Waals surface area contributed by atoms with Gasteiger partial charge < -0.3 is 26.0 Å². The van der Waals surface area contributed by atoms with Crippen LogP contribution in [0.15, 0.2) is 49.1 Å². The van der Waals surface area contributed by atoms with Crippen molar-refractivity contribution in [1.82, 2.24) is 40.0 Å². The van der Waals surface area contributed by atoms with E-state index in [9.17, 15) is 24.0 Å². The minimum absolute atomic E-state index is 0.0331. The summed E-state index contributed by atoms with van der Waals surface area (Å²) >= 11 is 4.58. The molecule has 4 N–H and O–H groups in total. The summed E-state index contributed by atoms with van der Waals surface area (Å²) in [5, 5.41) is 14.0. The molecule has 0 bridgehead atoms. The number of carbonyl (C=O) groups is 5. The summed E-state index contributed by atoms with van der Waals surface area (Å²) in [5.41, 5.74) is 4.45. The third-order valence-corrected chi connectivity index (χ3v) is 14.4. The second-order valence-electron chi connectivity index (χ2n) is 18.0. The van der Waals surface area contributed by atoms with Gasteiger partial charge in [0, 0.05) is 58.1 Å². The number of aryl methyl sites for hydroxylation is 6. The molecule has 20 heteroatoms. The van der Waals surface area contributed by atoms with Crippen molar-refractivity contribution in [2.45, 2.75) is 150 Å². The van der Waals surface area contributed by atoms with E-state index in [0.717, 1.165) is 110 Å². The highest BCUT2D eigenvalue weighted by molar-refractivity contribution is 7.16. The van der Waals surface area contributed by atoms with E-state index in [1.165, 1.54) is 31.6 Å². The fraction of sp³-hybridized carbons (Fsp3) is 0.520. The lowest BCUT2D eigenvalue weighted by atomic mass is 10.2. The van der Waals surface area contributed by atoms with Gasteiger partial charge in [0.2, 0.25) is 17.7 Å². The maximum Gasteiger partial charge on any atom is 0.410 e. The maximum absolute atomic E-state index is 12.6. The van der Waals surface area contributed by atoms with Gasteiger partial charge >= 0.3 is 6.09 Å². The van der Waals surface area contributed by atoms with Crippen molar-refractivity contribution in [2.24, 2.45) is 0 Å². The highest BCUT2D eigenvalue weighted by atomic mass is 32.1. The van der Waals surface area contributed by atoms with E-state index in [1.807, 2.05) is 53.7 Å². The molecule has 8 heterocycles. The lowest BCUT2D eigenvalue weighted by Gasteiger charge is -2.27. The smallest absolute Gasteiger partial charge is 0.410 e. The summed E-state index contributed by atoms with van der Waals surface area (Å²) in [5.74, 6) is -0.0772. The molecule has 378 valence electrons. The lowest BCUT2D eigenvalue weighted by Crippen LogP contribution is -2.45. The second kappa shape index (κ2) is 27.2. The van der Waals surface area contributed by atoms with Crippen LogP contribution in [0.5, 0.6) is 0 Å². The van der Waals surface area contributed by atoms with Crippen LogP contribution in [0, 0.1) is 20.8 Å². The predicted octanol–water partition coefficient (Wildman–Crippen LogP) is 8.96. The number of hydrogen-bond donors (Lipinski definition) is 4. The molecular formula is C50H69N11O6S3. The molecule has 3 aliphatic heterocycles. The summed E-state index contributed by atoms with van der Waals surface area (Å²) in [6, 6.07) is 6.74. The molecule has 5 aromatic heterocycles. The Labute approximate surface area is 424 Å². The Bertz CT molecular complexity index is 2470. The Hall–Kier alpha value is -5.54. The Kier molecular flexibility index (Phi) is 21.5. The number of nitrogens with zero attached hydrogens (tertiary/aromatic N) is 7. The zero-order valence-corrected chi connectivity index (χ0v) is 44.4. The van der Waals surface area contributed by atoms with Crippen LogP contribution in [-0.4, -0.2) is 108 Å². The topological polar surface area (TPSA) is 214 Å². The fourth-order valence-electron chi connectivity index (χ4n) is 7.96. The van der Waals surface area contributed by atoms with E-state index in [0.29, 0.717) is 23.7 Å². The number of carbonyl (C=O) groups excluding carboxylic acids is 5. The summed E-state index contributed by atoms with van der Waals surface area (Å²) in [7, 11) is 0. The van der Waals surface area contributed by atoms with Crippen molar-refractivity contribution < 1.29 is 28.7 Å². The van der Waals surface area contributed by atoms with Crippen molar-refractivity contribution in [3.63, 3.8) is 0 Å². The molecule has 0 saturated carbocycles. The summed E-state index contributed by atoms with van der Waals surface area (Å²) in [6.45, 7) is 21.0. The number of likely N-dealkylation sites (tertiary alicyclic amines) is 2. The third kappa shape index (κ3) is 16.8. The third-order valence-electron chi connectivity index (χ3n) is 11.6. The number of pyridine rings is 2. The maximum atomic E-state index is 12.6. The van der Waals surface area contributed by atoms with Crippen molar-refractivity contribution >= 4 is 79.5 Å². The quantitative estimate of drug-likeness (QED) is 0.0861. The predicted molar refractivity (Wildman–Crippen MR) is 279 cm³/mol. The van der Waals surface area contributed by atoms with Crippen LogP contribution >= 0.6 is 34.0 Å². The molecule has 0 unspecified atom stereocenters. The van der Waals surface area contributed by atoms with Gasteiger partial charge in [-0.3, -0.25) is 38.9 Å². The van der Waals surface area contributed by atoms with E-state index >= 15 is 0 Å². The average Bonchev–Trinajstić information content (AvgIpc) is 4.21. The highest BCUT2D eigenvalue weighted by Crippen LogP contribution is 2.28. The first kappa shape index (κ1) is 55.4. The van der Waals surface area contributed by atoms with Gasteiger partial charge in [-0.25, -0.2) is 19.7 Å². The lowest BCUT2D eigenvalue weighted by molar-refractivity contribution is -0.121. The van der Waals surface area contributed by atoms with Crippen LogP contribution in [0.3, 0.4) is 0 Å². The molecule has 0 aliphatic carbocycles. The number of rotatable bonds is 12. The van der Waals surface area contributed by atoms with Gasteiger partial charge in [0.1, 0.15) is 17.9 Å². The first-order valence-corrected chi connectivity index (χ1v) is 26.5. The molecule has 3 saturated heterocycles. The van der Waals surface area contributed by atoms with E-state index in [2.05, 4.69) is 71.9 Å². The number of ether oxygens (including phenoxy) is 1. The minimum atomic E-state index is -0.566. The van der Waals surface area contributed by atoms with Crippen LogP contribution in [0.1, 0.15) is 128 Å². The summed E-state index contributed by atoms with van der Waals surface area (Å²) < 4.78 is 5.39. The molecule has 8 rings (SSSR count). The molecule has 0 radical (unpaired) electrons. The van der Waals surface area contributed by atoms with Crippen molar-refractivity contribution in [2.75, 3.05) is 35.6 Å². The Morgan fingerprint density at radius 2 is 1.16 bits per heavy atom. The largest absolute Gasteiger partial charge is 0.444 e. The van der Waals surface area contributed by atoms with Gasteiger partial charge in [-0.05, 0) is 142 Å². The standard InChI is InChI=1S/C17H22N4OS.C16H25N3O3S.C11H17N3OS.C6H5NO/c1-3-14-12(2)23-17(19-14)20-16(22)15-5-4-10-21(15)11-13-6-8-18-9-7-13;1-6-11-10(2)23-14(17-11)18-13(20)12-8-7-9-19(12)15(21)22-16(3,4)5;1-3-8-7(2)16-11(13-8)14-10(15)9-5-4-6-12-9;8-5-6-1-3-7-4-2-6/h6-9,15H,3-5,10-11H2,1-2H3,(H,19,20,22);12H,6-9H2,1-5H3,(H,17,18,20);9,12H,3-6H2,1-2H3,(H,13,14,15);1-5H/t15-;12-;9-;/m111./s1. The average molecular weight is 1020 g/mol.